The quantitative estimate of drug-likeness (QED) is 0.680. The van der Waals surface area contributed by atoms with Crippen LogP contribution in [0.3, 0.4) is 0 Å². The molecule has 0 bridgehead atoms. The number of rotatable bonds is 1. The van der Waals surface area contributed by atoms with E-state index in [-0.39, 0.29) is 0 Å². The molecule has 0 spiro atoms. The van der Waals surface area contributed by atoms with Gasteiger partial charge in [0, 0.05) is 12.0 Å². The number of fused-ring (bicyclic) bond motifs is 3. The molecule has 3 heterocycles. The Morgan fingerprint density at radius 1 is 1.19 bits per heavy atom. The Morgan fingerprint density at radius 2 is 2.05 bits per heavy atom. The van der Waals surface area contributed by atoms with E-state index in [0.717, 1.165) is 30.7 Å². The van der Waals surface area contributed by atoms with Crippen LogP contribution in [0.25, 0.3) is 21.9 Å². The summed E-state index contributed by atoms with van der Waals surface area (Å²) in [5.74, 6) is 0. The number of ether oxygens (including phenoxy) is 1. The minimum atomic E-state index is 0.399. The summed E-state index contributed by atoms with van der Waals surface area (Å²) in [6.45, 7) is 7.73. The summed E-state index contributed by atoms with van der Waals surface area (Å²) in [7, 11) is 0. The largest absolute Gasteiger partial charge is 0.379 e. The van der Waals surface area contributed by atoms with Crippen molar-refractivity contribution in [2.24, 2.45) is 0 Å². The second-order valence-corrected chi connectivity index (χ2v) is 5.18. The molecule has 1 saturated heterocycles. The van der Waals surface area contributed by atoms with Gasteiger partial charge in [-0.15, -0.1) is 0 Å². The molecule has 3 aromatic rings. The molecule has 0 saturated carbocycles. The fourth-order valence-electron chi connectivity index (χ4n) is 2.85. The van der Waals surface area contributed by atoms with Crippen LogP contribution in [-0.4, -0.2) is 27.7 Å². The van der Waals surface area contributed by atoms with E-state index >= 15 is 0 Å². The molecule has 1 aliphatic rings. The molecule has 0 amide bonds. The van der Waals surface area contributed by atoms with Gasteiger partial charge < -0.3 is 9.30 Å². The predicted molar refractivity (Wildman–Crippen MR) is 85.6 cm³/mol. The minimum Gasteiger partial charge on any atom is -0.379 e. The first-order valence-electron chi connectivity index (χ1n) is 7.62. The van der Waals surface area contributed by atoms with E-state index in [2.05, 4.69) is 39.7 Å². The standard InChI is InChI=1S/C15H15N3O.C2H6/c1-10-2-3-13-12(6-10)15-14(7-16-13)17-9-18(15)11-4-5-19-8-11;1-2/h2-3,6-7,9,11H,4-5,8H2,1H3;1-2H3. The maximum atomic E-state index is 5.50. The van der Waals surface area contributed by atoms with E-state index in [4.69, 9.17) is 4.74 Å². The first-order valence-corrected chi connectivity index (χ1v) is 7.62. The third-order valence-electron chi connectivity index (χ3n) is 3.85. The Kier molecular flexibility index (Phi) is 3.88. The first kappa shape index (κ1) is 14.0. The molecule has 1 unspecified atom stereocenters. The molecule has 4 rings (SSSR count). The Bertz CT molecular complexity index is 757. The number of pyridine rings is 1. The lowest BCUT2D eigenvalue weighted by atomic mass is 10.1. The highest BCUT2D eigenvalue weighted by Gasteiger charge is 2.20. The zero-order chi connectivity index (χ0) is 14.8. The lowest BCUT2D eigenvalue weighted by Gasteiger charge is -2.12. The number of aryl methyl sites for hydroxylation is 1. The van der Waals surface area contributed by atoms with E-state index in [9.17, 15) is 0 Å². The van der Waals surface area contributed by atoms with E-state index in [1.165, 1.54) is 16.5 Å². The van der Waals surface area contributed by atoms with Crippen molar-refractivity contribution in [3.8, 4) is 0 Å². The lowest BCUT2D eigenvalue weighted by molar-refractivity contribution is 0.187. The maximum absolute atomic E-state index is 5.50. The summed E-state index contributed by atoms with van der Waals surface area (Å²) in [6.07, 6.45) is 4.84. The van der Waals surface area contributed by atoms with Gasteiger partial charge in [-0.1, -0.05) is 25.5 Å². The first-order chi connectivity index (χ1) is 10.3. The van der Waals surface area contributed by atoms with Gasteiger partial charge in [-0.25, -0.2) is 4.98 Å². The molecule has 1 aliphatic heterocycles. The van der Waals surface area contributed by atoms with Crippen LogP contribution in [0.15, 0.2) is 30.7 Å². The van der Waals surface area contributed by atoms with Gasteiger partial charge in [0.1, 0.15) is 5.52 Å². The van der Waals surface area contributed by atoms with Gasteiger partial charge in [-0.3, -0.25) is 4.98 Å². The summed E-state index contributed by atoms with van der Waals surface area (Å²) >= 11 is 0. The molecule has 0 N–H and O–H groups in total. The van der Waals surface area contributed by atoms with Crippen molar-refractivity contribution in [3.05, 3.63) is 36.3 Å². The number of benzene rings is 1. The maximum Gasteiger partial charge on any atom is 0.107 e. The molecule has 0 radical (unpaired) electrons. The molecular weight excluding hydrogens is 262 g/mol. The van der Waals surface area contributed by atoms with Crippen molar-refractivity contribution >= 4 is 21.9 Å². The van der Waals surface area contributed by atoms with E-state index in [1.54, 1.807) is 0 Å². The normalized spacial score (nSPS) is 18.0. The molecule has 4 heteroatoms. The Labute approximate surface area is 124 Å². The monoisotopic (exact) mass is 283 g/mol. The number of imidazole rings is 1. The molecule has 0 aliphatic carbocycles. The highest BCUT2D eigenvalue weighted by atomic mass is 16.5. The second-order valence-electron chi connectivity index (χ2n) is 5.18. The highest BCUT2D eigenvalue weighted by molar-refractivity contribution is 6.02. The van der Waals surface area contributed by atoms with E-state index < -0.39 is 0 Å². The molecule has 1 atom stereocenters. The van der Waals surface area contributed by atoms with Crippen LogP contribution in [-0.2, 0) is 4.74 Å². The highest BCUT2D eigenvalue weighted by Crippen LogP contribution is 2.29. The van der Waals surface area contributed by atoms with E-state index in [0.29, 0.717) is 6.04 Å². The van der Waals surface area contributed by atoms with Crippen LogP contribution < -0.4 is 0 Å². The lowest BCUT2D eigenvalue weighted by Crippen LogP contribution is -2.07. The molecule has 4 nitrogen and oxygen atoms in total. The third kappa shape index (κ3) is 2.40. The number of hydrogen-bond acceptors (Lipinski definition) is 3. The van der Waals surface area contributed by atoms with Gasteiger partial charge in [-0.2, -0.15) is 0 Å². The summed E-state index contributed by atoms with van der Waals surface area (Å²) < 4.78 is 7.76. The van der Waals surface area contributed by atoms with Crippen LogP contribution in [0.5, 0.6) is 0 Å². The molecule has 2 aromatic heterocycles. The summed E-state index contributed by atoms with van der Waals surface area (Å²) in [6, 6.07) is 6.77. The molecule has 1 fully saturated rings. The van der Waals surface area contributed by atoms with Crippen molar-refractivity contribution < 1.29 is 4.74 Å². The van der Waals surface area contributed by atoms with Gasteiger partial charge in [0.25, 0.3) is 0 Å². The van der Waals surface area contributed by atoms with Crippen LogP contribution in [0.2, 0.25) is 0 Å². The van der Waals surface area contributed by atoms with Crippen LogP contribution >= 0.6 is 0 Å². The number of nitrogens with zero attached hydrogens (tertiary/aromatic N) is 3. The summed E-state index contributed by atoms with van der Waals surface area (Å²) in [5.41, 5.74) is 4.42. The predicted octanol–water partition coefficient (Wildman–Crippen LogP) is 3.88. The number of aromatic nitrogens is 3. The summed E-state index contributed by atoms with van der Waals surface area (Å²) in [5, 5.41) is 1.18. The molecular formula is C17H21N3O. The third-order valence-corrected chi connectivity index (χ3v) is 3.85. The zero-order valence-corrected chi connectivity index (χ0v) is 12.8. The van der Waals surface area contributed by atoms with Crippen molar-refractivity contribution in [3.63, 3.8) is 0 Å². The Morgan fingerprint density at radius 3 is 2.81 bits per heavy atom. The SMILES string of the molecule is CC.Cc1ccc2ncc3ncn(C4CCOC4)c3c2c1. The van der Waals surface area contributed by atoms with Crippen molar-refractivity contribution in [2.45, 2.75) is 33.2 Å². The van der Waals surface area contributed by atoms with Gasteiger partial charge >= 0.3 is 0 Å². The fourth-order valence-corrected chi connectivity index (χ4v) is 2.85. The smallest absolute Gasteiger partial charge is 0.107 e. The second kappa shape index (κ2) is 5.82. The van der Waals surface area contributed by atoms with Crippen molar-refractivity contribution in [2.75, 3.05) is 13.2 Å². The number of hydrogen-bond donors (Lipinski definition) is 0. The zero-order valence-electron chi connectivity index (χ0n) is 12.8. The minimum absolute atomic E-state index is 0.399. The van der Waals surface area contributed by atoms with Crippen molar-refractivity contribution in [1.82, 2.24) is 14.5 Å². The van der Waals surface area contributed by atoms with Gasteiger partial charge in [0.2, 0.25) is 0 Å². The summed E-state index contributed by atoms with van der Waals surface area (Å²) in [4.78, 5) is 8.97. The molecule has 1 aromatic carbocycles. The van der Waals surface area contributed by atoms with Crippen LogP contribution in [0.1, 0.15) is 31.9 Å². The average molecular weight is 283 g/mol. The average Bonchev–Trinajstić information content (AvgIpc) is 3.18. The fraction of sp³-hybridized carbons (Fsp3) is 0.412. The topological polar surface area (TPSA) is 39.9 Å². The van der Waals surface area contributed by atoms with E-state index in [1.807, 2.05) is 26.4 Å². The van der Waals surface area contributed by atoms with Crippen LogP contribution in [0, 0.1) is 6.92 Å². The van der Waals surface area contributed by atoms with Gasteiger partial charge in [-0.05, 0) is 25.5 Å². The molecule has 110 valence electrons. The molecule has 21 heavy (non-hydrogen) atoms. The Hall–Kier alpha value is -1.94. The Balaban J connectivity index is 0.000000636. The van der Waals surface area contributed by atoms with Gasteiger partial charge in [0.15, 0.2) is 0 Å². The van der Waals surface area contributed by atoms with Gasteiger partial charge in [0.05, 0.1) is 36.2 Å². The van der Waals surface area contributed by atoms with Crippen LogP contribution in [0.4, 0.5) is 0 Å². The van der Waals surface area contributed by atoms with Crippen molar-refractivity contribution in [1.29, 1.82) is 0 Å².